The first-order chi connectivity index (χ1) is 11.1. The van der Waals surface area contributed by atoms with E-state index in [1.807, 2.05) is 0 Å². The van der Waals surface area contributed by atoms with Crippen LogP contribution in [0.4, 0.5) is 0 Å². The normalized spacial score (nSPS) is 20.0. The van der Waals surface area contributed by atoms with Crippen molar-refractivity contribution in [2.45, 2.75) is 90.5 Å². The molecule has 1 aliphatic heterocycles. The minimum Gasteiger partial charge on any atom is -0.338 e. The van der Waals surface area contributed by atoms with Gasteiger partial charge in [0.25, 0.3) is 0 Å². The predicted molar refractivity (Wildman–Crippen MR) is 99.7 cm³/mol. The molecule has 1 rings (SSSR count). The van der Waals surface area contributed by atoms with Gasteiger partial charge >= 0.3 is 0 Å². The SMILES string of the molecule is CCCCCC(CCCC)CC(=O)N1CCCCC1CN(C)C. The highest BCUT2D eigenvalue weighted by Gasteiger charge is 2.28. The Morgan fingerprint density at radius 1 is 1.09 bits per heavy atom. The van der Waals surface area contributed by atoms with E-state index in [-0.39, 0.29) is 0 Å². The second kappa shape index (κ2) is 11.9. The fraction of sp³-hybridized carbons (Fsp3) is 0.950. The molecule has 0 saturated carbocycles. The zero-order chi connectivity index (χ0) is 17.1. The highest BCUT2D eigenvalue weighted by atomic mass is 16.2. The number of piperidine rings is 1. The maximum absolute atomic E-state index is 12.9. The Hall–Kier alpha value is -0.570. The first-order valence-corrected chi connectivity index (χ1v) is 10.0. The molecular weight excluding hydrogens is 284 g/mol. The maximum atomic E-state index is 12.9. The first kappa shape index (κ1) is 20.5. The molecule has 1 amide bonds. The molecule has 3 nitrogen and oxygen atoms in total. The monoisotopic (exact) mass is 324 g/mol. The third kappa shape index (κ3) is 8.19. The number of nitrogens with zero attached hydrogens (tertiary/aromatic N) is 2. The van der Waals surface area contributed by atoms with E-state index in [0.29, 0.717) is 17.9 Å². The van der Waals surface area contributed by atoms with Crippen LogP contribution in [0.5, 0.6) is 0 Å². The fourth-order valence-electron chi connectivity index (χ4n) is 3.83. The Balaban J connectivity index is 2.55. The number of amides is 1. The topological polar surface area (TPSA) is 23.6 Å². The quantitative estimate of drug-likeness (QED) is 0.514. The lowest BCUT2D eigenvalue weighted by atomic mass is 9.91. The average Bonchev–Trinajstić information content (AvgIpc) is 2.52. The molecule has 2 unspecified atom stereocenters. The number of carbonyl (C=O) groups excluding carboxylic acids is 1. The van der Waals surface area contributed by atoms with E-state index in [0.717, 1.165) is 19.5 Å². The van der Waals surface area contributed by atoms with Crippen molar-refractivity contribution >= 4 is 5.91 Å². The second-order valence-corrected chi connectivity index (χ2v) is 7.71. The minimum atomic E-state index is 0.425. The summed E-state index contributed by atoms with van der Waals surface area (Å²) in [5, 5.41) is 0. The van der Waals surface area contributed by atoms with Gasteiger partial charge in [-0.15, -0.1) is 0 Å². The molecule has 3 heteroatoms. The zero-order valence-corrected chi connectivity index (χ0v) is 16.1. The summed E-state index contributed by atoms with van der Waals surface area (Å²) in [6.07, 6.45) is 13.3. The van der Waals surface area contributed by atoms with Crippen molar-refractivity contribution in [2.75, 3.05) is 27.2 Å². The van der Waals surface area contributed by atoms with Crippen molar-refractivity contribution in [3.63, 3.8) is 0 Å². The Labute approximate surface area is 144 Å². The first-order valence-electron chi connectivity index (χ1n) is 10.0. The lowest BCUT2D eigenvalue weighted by Gasteiger charge is -2.38. The van der Waals surface area contributed by atoms with Gasteiger partial charge < -0.3 is 9.80 Å². The third-order valence-corrected chi connectivity index (χ3v) is 5.17. The van der Waals surface area contributed by atoms with E-state index in [2.05, 4.69) is 37.7 Å². The Morgan fingerprint density at radius 3 is 2.43 bits per heavy atom. The van der Waals surface area contributed by atoms with Crippen LogP contribution in [0, 0.1) is 5.92 Å². The van der Waals surface area contributed by atoms with Crippen LogP contribution in [-0.4, -0.2) is 48.9 Å². The van der Waals surface area contributed by atoms with Gasteiger partial charge in [0.15, 0.2) is 0 Å². The smallest absolute Gasteiger partial charge is 0.223 e. The lowest BCUT2D eigenvalue weighted by molar-refractivity contribution is -0.136. The van der Waals surface area contributed by atoms with Crippen molar-refractivity contribution in [1.82, 2.24) is 9.80 Å². The van der Waals surface area contributed by atoms with E-state index in [4.69, 9.17) is 0 Å². The van der Waals surface area contributed by atoms with Crippen molar-refractivity contribution in [3.05, 3.63) is 0 Å². The summed E-state index contributed by atoms with van der Waals surface area (Å²) in [5.41, 5.74) is 0. The zero-order valence-electron chi connectivity index (χ0n) is 16.1. The molecule has 0 N–H and O–H groups in total. The fourth-order valence-corrected chi connectivity index (χ4v) is 3.83. The van der Waals surface area contributed by atoms with Gasteiger partial charge in [-0.1, -0.05) is 46.0 Å². The van der Waals surface area contributed by atoms with Gasteiger partial charge in [0.2, 0.25) is 5.91 Å². The average molecular weight is 325 g/mol. The highest BCUT2D eigenvalue weighted by molar-refractivity contribution is 5.77. The van der Waals surface area contributed by atoms with Crippen LogP contribution in [0.15, 0.2) is 0 Å². The van der Waals surface area contributed by atoms with Gasteiger partial charge in [0.05, 0.1) is 0 Å². The standard InChI is InChI=1S/C20H40N2O/c1-5-7-9-13-18(12-8-6-2)16-20(23)22-15-11-10-14-19(22)17-21(3)4/h18-19H,5-17H2,1-4H3. The van der Waals surface area contributed by atoms with E-state index < -0.39 is 0 Å². The Kier molecular flexibility index (Phi) is 10.6. The van der Waals surface area contributed by atoms with Gasteiger partial charge in [-0.3, -0.25) is 4.79 Å². The van der Waals surface area contributed by atoms with Crippen LogP contribution >= 0.6 is 0 Å². The van der Waals surface area contributed by atoms with Crippen LogP contribution < -0.4 is 0 Å². The molecule has 1 heterocycles. The molecule has 0 radical (unpaired) electrons. The van der Waals surface area contributed by atoms with Crippen molar-refractivity contribution < 1.29 is 4.79 Å². The molecular formula is C20H40N2O. The summed E-state index contributed by atoms with van der Waals surface area (Å²) >= 11 is 0. The predicted octanol–water partition coefficient (Wildman–Crippen LogP) is 4.71. The molecule has 2 atom stereocenters. The number of hydrogen-bond donors (Lipinski definition) is 0. The molecule has 1 aliphatic rings. The van der Waals surface area contributed by atoms with Crippen LogP contribution in [0.2, 0.25) is 0 Å². The summed E-state index contributed by atoms with van der Waals surface area (Å²) in [6.45, 7) is 6.50. The van der Waals surface area contributed by atoms with Gasteiger partial charge in [-0.05, 0) is 52.1 Å². The number of hydrogen-bond acceptors (Lipinski definition) is 2. The molecule has 0 bridgehead atoms. The molecule has 1 saturated heterocycles. The maximum Gasteiger partial charge on any atom is 0.223 e. The number of rotatable bonds is 11. The summed E-state index contributed by atoms with van der Waals surface area (Å²) in [6, 6.07) is 0.439. The van der Waals surface area contributed by atoms with Gasteiger partial charge in [0, 0.05) is 25.6 Å². The number of likely N-dealkylation sites (N-methyl/N-ethyl adjacent to an activating group) is 1. The van der Waals surface area contributed by atoms with E-state index in [1.54, 1.807) is 0 Å². The largest absolute Gasteiger partial charge is 0.338 e. The highest BCUT2D eigenvalue weighted by Crippen LogP contribution is 2.24. The van der Waals surface area contributed by atoms with E-state index in [9.17, 15) is 4.79 Å². The van der Waals surface area contributed by atoms with E-state index in [1.165, 1.54) is 64.2 Å². The number of unbranched alkanes of at least 4 members (excludes halogenated alkanes) is 3. The number of likely N-dealkylation sites (tertiary alicyclic amines) is 1. The molecule has 0 spiro atoms. The van der Waals surface area contributed by atoms with Gasteiger partial charge in [-0.25, -0.2) is 0 Å². The van der Waals surface area contributed by atoms with Crippen LogP contribution in [0.3, 0.4) is 0 Å². The Morgan fingerprint density at radius 2 is 1.78 bits per heavy atom. The summed E-state index contributed by atoms with van der Waals surface area (Å²) < 4.78 is 0. The van der Waals surface area contributed by atoms with E-state index >= 15 is 0 Å². The third-order valence-electron chi connectivity index (χ3n) is 5.17. The molecule has 0 aromatic heterocycles. The van der Waals surface area contributed by atoms with Crippen LogP contribution in [0.1, 0.15) is 84.5 Å². The van der Waals surface area contributed by atoms with Crippen molar-refractivity contribution in [3.8, 4) is 0 Å². The minimum absolute atomic E-state index is 0.425. The molecule has 136 valence electrons. The van der Waals surface area contributed by atoms with Gasteiger partial charge in [-0.2, -0.15) is 0 Å². The number of carbonyl (C=O) groups is 1. The second-order valence-electron chi connectivity index (χ2n) is 7.71. The summed E-state index contributed by atoms with van der Waals surface area (Å²) in [4.78, 5) is 17.3. The summed E-state index contributed by atoms with van der Waals surface area (Å²) in [7, 11) is 4.23. The Bertz CT molecular complexity index is 317. The van der Waals surface area contributed by atoms with Crippen molar-refractivity contribution in [1.29, 1.82) is 0 Å². The molecule has 0 aromatic carbocycles. The molecule has 0 aliphatic carbocycles. The molecule has 1 fully saturated rings. The van der Waals surface area contributed by atoms with Crippen LogP contribution in [0.25, 0.3) is 0 Å². The van der Waals surface area contributed by atoms with Crippen LogP contribution in [-0.2, 0) is 4.79 Å². The van der Waals surface area contributed by atoms with Gasteiger partial charge in [0.1, 0.15) is 0 Å². The molecule has 23 heavy (non-hydrogen) atoms. The lowest BCUT2D eigenvalue weighted by Crippen LogP contribution is -2.48. The summed E-state index contributed by atoms with van der Waals surface area (Å²) in [5.74, 6) is 1.03. The van der Waals surface area contributed by atoms with Crippen molar-refractivity contribution in [2.24, 2.45) is 5.92 Å². The molecule has 0 aromatic rings.